The van der Waals surface area contributed by atoms with Gasteiger partial charge < -0.3 is 9.80 Å². The molecule has 4 rings (SSSR count). The summed E-state index contributed by atoms with van der Waals surface area (Å²) in [6.45, 7) is 4.29. The van der Waals surface area contributed by atoms with E-state index in [0.717, 1.165) is 37.2 Å². The van der Waals surface area contributed by atoms with Crippen LogP contribution in [0.5, 0.6) is 0 Å². The Kier molecular flexibility index (Phi) is 5.63. The van der Waals surface area contributed by atoms with Crippen molar-refractivity contribution in [3.05, 3.63) is 48.6 Å². The summed E-state index contributed by atoms with van der Waals surface area (Å²) in [6.07, 6.45) is 13.0. The van der Waals surface area contributed by atoms with Crippen molar-refractivity contribution >= 4 is 12.0 Å². The maximum atomic E-state index is 12.7. The van der Waals surface area contributed by atoms with E-state index in [4.69, 9.17) is 0 Å². The molecule has 2 fully saturated rings. The molecule has 142 valence electrons. The number of hydrogen-bond acceptors (Lipinski definition) is 4. The van der Waals surface area contributed by atoms with Gasteiger partial charge in [-0.3, -0.25) is 4.79 Å². The van der Waals surface area contributed by atoms with Crippen molar-refractivity contribution in [2.75, 3.05) is 26.2 Å². The topological polar surface area (TPSA) is 54.3 Å². The molecule has 1 aromatic heterocycles. The van der Waals surface area contributed by atoms with Crippen LogP contribution in [0.2, 0.25) is 0 Å². The number of rotatable bonds is 5. The third kappa shape index (κ3) is 4.45. The molecule has 0 aliphatic carbocycles. The van der Waals surface area contributed by atoms with Crippen LogP contribution in [-0.2, 0) is 4.79 Å². The summed E-state index contributed by atoms with van der Waals surface area (Å²) >= 11 is 0. The molecule has 0 saturated carbocycles. The summed E-state index contributed by atoms with van der Waals surface area (Å²) in [5.74, 6) is 0.134. The van der Waals surface area contributed by atoms with Gasteiger partial charge in [0.25, 0.3) is 0 Å². The highest BCUT2D eigenvalue weighted by Crippen LogP contribution is 2.21. The lowest BCUT2D eigenvalue weighted by molar-refractivity contribution is -0.127. The molecule has 27 heavy (non-hydrogen) atoms. The van der Waals surface area contributed by atoms with E-state index in [0.29, 0.717) is 6.04 Å². The van der Waals surface area contributed by atoms with Crippen LogP contribution < -0.4 is 0 Å². The number of benzene rings is 1. The predicted molar refractivity (Wildman–Crippen MR) is 105 cm³/mol. The number of carbonyl (C=O) groups excluding carboxylic acids is 1. The first-order valence-corrected chi connectivity index (χ1v) is 9.96. The molecule has 0 bridgehead atoms. The molecule has 1 amide bonds. The van der Waals surface area contributed by atoms with E-state index in [2.05, 4.69) is 19.9 Å². The number of nitrogens with zero attached hydrogens (tertiary/aromatic N) is 5. The van der Waals surface area contributed by atoms with Gasteiger partial charge in [-0.25, -0.2) is 9.67 Å². The minimum atomic E-state index is 0.134. The van der Waals surface area contributed by atoms with Crippen molar-refractivity contribution in [2.45, 2.75) is 38.1 Å². The van der Waals surface area contributed by atoms with Gasteiger partial charge in [0.05, 0.1) is 5.69 Å². The lowest BCUT2D eigenvalue weighted by atomic mass is 10.1. The molecular formula is C21H27N5O. The van der Waals surface area contributed by atoms with Crippen LogP contribution in [-0.4, -0.2) is 62.7 Å². The first kappa shape index (κ1) is 17.9. The van der Waals surface area contributed by atoms with Crippen LogP contribution >= 0.6 is 0 Å². The Morgan fingerprint density at radius 1 is 1.07 bits per heavy atom. The number of carbonyl (C=O) groups is 1. The van der Waals surface area contributed by atoms with Crippen LogP contribution in [0, 0.1) is 0 Å². The Morgan fingerprint density at radius 2 is 1.89 bits per heavy atom. The van der Waals surface area contributed by atoms with Gasteiger partial charge >= 0.3 is 0 Å². The molecule has 0 spiro atoms. The third-order valence-corrected chi connectivity index (χ3v) is 5.57. The Bertz CT molecular complexity index is 762. The number of amides is 1. The molecule has 1 aromatic carbocycles. The van der Waals surface area contributed by atoms with Gasteiger partial charge in [-0.05, 0) is 62.5 Å². The highest BCUT2D eigenvalue weighted by Gasteiger charge is 2.29. The van der Waals surface area contributed by atoms with Crippen LogP contribution in [0.15, 0.2) is 43.0 Å². The molecule has 6 heteroatoms. The molecule has 1 atom stereocenters. The van der Waals surface area contributed by atoms with Gasteiger partial charge in [0, 0.05) is 25.2 Å². The van der Waals surface area contributed by atoms with E-state index in [1.165, 1.54) is 38.7 Å². The van der Waals surface area contributed by atoms with E-state index in [-0.39, 0.29) is 5.91 Å². The van der Waals surface area contributed by atoms with Gasteiger partial charge in [-0.2, -0.15) is 5.10 Å². The summed E-state index contributed by atoms with van der Waals surface area (Å²) in [6, 6.07) is 8.32. The minimum Gasteiger partial charge on any atom is -0.335 e. The van der Waals surface area contributed by atoms with Gasteiger partial charge in [0.2, 0.25) is 5.91 Å². The Hall–Kier alpha value is -2.47. The van der Waals surface area contributed by atoms with Crippen molar-refractivity contribution in [3.8, 4) is 5.69 Å². The lowest BCUT2D eigenvalue weighted by Gasteiger charge is -2.32. The average Bonchev–Trinajstić information content (AvgIpc) is 3.40. The fourth-order valence-corrected chi connectivity index (χ4v) is 4.10. The van der Waals surface area contributed by atoms with E-state index < -0.39 is 0 Å². The average molecular weight is 365 g/mol. The Balaban J connectivity index is 1.35. The quantitative estimate of drug-likeness (QED) is 0.765. The fourth-order valence-electron chi connectivity index (χ4n) is 4.10. The van der Waals surface area contributed by atoms with Gasteiger partial charge in [-0.15, -0.1) is 0 Å². The highest BCUT2D eigenvalue weighted by molar-refractivity contribution is 5.92. The zero-order chi connectivity index (χ0) is 18.5. The monoisotopic (exact) mass is 365 g/mol. The first-order chi connectivity index (χ1) is 13.3. The van der Waals surface area contributed by atoms with E-state index >= 15 is 0 Å². The van der Waals surface area contributed by atoms with Gasteiger partial charge in [0.15, 0.2) is 0 Å². The van der Waals surface area contributed by atoms with Crippen molar-refractivity contribution in [1.82, 2.24) is 24.6 Å². The molecule has 2 aliphatic rings. The second-order valence-electron chi connectivity index (χ2n) is 7.45. The zero-order valence-electron chi connectivity index (χ0n) is 15.7. The standard InChI is InChI=1S/C21H27N5O/c27-21(25-14-4-5-20(25)15-24-12-2-1-3-13-24)11-8-18-6-9-19(10-7-18)26-17-22-16-23-26/h6-11,16-17,20H,1-5,12-15H2/t20-/m0/s1. The van der Waals surface area contributed by atoms with Crippen molar-refractivity contribution < 1.29 is 4.79 Å². The van der Waals surface area contributed by atoms with Crippen molar-refractivity contribution in [1.29, 1.82) is 0 Å². The normalized spacial score (nSPS) is 21.2. The highest BCUT2D eigenvalue weighted by atomic mass is 16.2. The summed E-state index contributed by atoms with van der Waals surface area (Å²) in [5.41, 5.74) is 1.97. The second-order valence-corrected chi connectivity index (χ2v) is 7.45. The molecule has 6 nitrogen and oxygen atoms in total. The van der Waals surface area contributed by atoms with Crippen molar-refractivity contribution in [2.24, 2.45) is 0 Å². The fraction of sp³-hybridized carbons (Fsp3) is 0.476. The van der Waals surface area contributed by atoms with Crippen LogP contribution in [0.25, 0.3) is 11.8 Å². The summed E-state index contributed by atoms with van der Waals surface area (Å²) in [4.78, 5) is 21.3. The molecule has 2 aromatic rings. The van der Waals surface area contributed by atoms with Crippen LogP contribution in [0.3, 0.4) is 0 Å². The molecule has 2 aliphatic heterocycles. The minimum absolute atomic E-state index is 0.134. The number of hydrogen-bond donors (Lipinski definition) is 0. The van der Waals surface area contributed by atoms with Gasteiger partial charge in [0.1, 0.15) is 12.7 Å². The number of likely N-dealkylation sites (tertiary alicyclic amines) is 2. The van der Waals surface area contributed by atoms with Crippen LogP contribution in [0.1, 0.15) is 37.7 Å². The molecule has 2 saturated heterocycles. The lowest BCUT2D eigenvalue weighted by Crippen LogP contribution is -2.44. The summed E-state index contributed by atoms with van der Waals surface area (Å²) in [7, 11) is 0. The zero-order valence-corrected chi connectivity index (χ0v) is 15.7. The SMILES string of the molecule is O=C(C=Cc1ccc(-n2cncn2)cc1)N1CCC[C@H]1CN1CCCCC1. The number of aromatic nitrogens is 3. The number of piperidine rings is 1. The third-order valence-electron chi connectivity index (χ3n) is 5.57. The maximum Gasteiger partial charge on any atom is 0.246 e. The molecule has 0 unspecified atom stereocenters. The summed E-state index contributed by atoms with van der Waals surface area (Å²) < 4.78 is 1.72. The Labute approximate surface area is 160 Å². The smallest absolute Gasteiger partial charge is 0.246 e. The van der Waals surface area contributed by atoms with E-state index in [1.54, 1.807) is 17.1 Å². The largest absolute Gasteiger partial charge is 0.335 e. The molecular weight excluding hydrogens is 338 g/mol. The summed E-state index contributed by atoms with van der Waals surface area (Å²) in [5, 5.41) is 4.12. The second kappa shape index (κ2) is 8.48. The molecule has 3 heterocycles. The van der Waals surface area contributed by atoms with Gasteiger partial charge in [-0.1, -0.05) is 18.6 Å². The predicted octanol–water partition coefficient (Wildman–Crippen LogP) is 2.76. The van der Waals surface area contributed by atoms with Crippen molar-refractivity contribution in [3.63, 3.8) is 0 Å². The Morgan fingerprint density at radius 3 is 2.63 bits per heavy atom. The van der Waals surface area contributed by atoms with Crippen LogP contribution in [0.4, 0.5) is 0 Å². The molecule has 0 N–H and O–H groups in total. The van der Waals surface area contributed by atoms with E-state index in [1.807, 2.05) is 30.3 Å². The van der Waals surface area contributed by atoms with E-state index in [9.17, 15) is 4.79 Å². The first-order valence-electron chi connectivity index (χ1n) is 9.96. The maximum absolute atomic E-state index is 12.7. The molecule has 0 radical (unpaired) electrons.